The molecule has 1 saturated heterocycles. The zero-order valence-electron chi connectivity index (χ0n) is 21.8. The van der Waals surface area contributed by atoms with Gasteiger partial charge in [0.25, 0.3) is 0 Å². The molecule has 10 heteroatoms. The maximum atomic E-state index is 12.6. The minimum Gasteiger partial charge on any atom is -0.461 e. The zero-order chi connectivity index (χ0) is 26.4. The molecule has 194 valence electrons. The number of piperazine rings is 1. The molecule has 1 fully saturated rings. The number of esters is 1. The number of anilines is 2. The Hall–Kier alpha value is -3.97. The van der Waals surface area contributed by atoms with Crippen LogP contribution in [-0.4, -0.2) is 73.2 Å². The number of aryl methyl sites for hydroxylation is 1. The SMILES string of the molecule is C=NC(=NC1=C(C)CCc2c(C(=O)OCC)nn(CCC#N)c21)Nc1cccc(N2CCN(C)CC2)c1. The molecular weight excluding hydrogens is 468 g/mol. The molecular formula is C27H34N8O2. The molecule has 1 aliphatic heterocycles. The topological polar surface area (TPSA) is 111 Å². The fourth-order valence-corrected chi connectivity index (χ4v) is 4.65. The molecule has 2 heterocycles. The molecule has 2 aromatic rings. The largest absolute Gasteiger partial charge is 0.461 e. The molecule has 37 heavy (non-hydrogen) atoms. The Kier molecular flexibility index (Phi) is 8.36. The fourth-order valence-electron chi connectivity index (χ4n) is 4.65. The lowest BCUT2D eigenvalue weighted by molar-refractivity contribution is 0.0517. The Morgan fingerprint density at radius 2 is 2.05 bits per heavy atom. The normalized spacial score (nSPS) is 16.3. The van der Waals surface area contributed by atoms with E-state index in [4.69, 9.17) is 15.0 Å². The summed E-state index contributed by atoms with van der Waals surface area (Å²) in [6, 6.07) is 10.4. The highest BCUT2D eigenvalue weighted by molar-refractivity contribution is 6.00. The Bertz CT molecular complexity index is 1260. The van der Waals surface area contributed by atoms with E-state index in [9.17, 15) is 4.79 Å². The predicted molar refractivity (Wildman–Crippen MR) is 146 cm³/mol. The third kappa shape index (κ3) is 5.89. The van der Waals surface area contributed by atoms with E-state index in [1.54, 1.807) is 11.6 Å². The van der Waals surface area contributed by atoms with E-state index in [0.29, 0.717) is 24.6 Å². The summed E-state index contributed by atoms with van der Waals surface area (Å²) in [7, 11) is 2.14. The first-order valence-corrected chi connectivity index (χ1v) is 12.6. The average molecular weight is 503 g/mol. The second-order valence-electron chi connectivity index (χ2n) is 9.22. The first-order chi connectivity index (χ1) is 17.9. The van der Waals surface area contributed by atoms with Crippen molar-refractivity contribution in [3.63, 3.8) is 0 Å². The summed E-state index contributed by atoms with van der Waals surface area (Å²) < 4.78 is 6.94. The van der Waals surface area contributed by atoms with Gasteiger partial charge in [-0.2, -0.15) is 10.4 Å². The maximum Gasteiger partial charge on any atom is 0.359 e. The van der Waals surface area contributed by atoms with Crippen molar-refractivity contribution in [2.24, 2.45) is 9.98 Å². The Morgan fingerprint density at radius 3 is 2.76 bits per heavy atom. The van der Waals surface area contributed by atoms with Crippen LogP contribution in [0.3, 0.4) is 0 Å². The number of likely N-dealkylation sites (N-methyl/N-ethyl adjacent to an activating group) is 1. The van der Waals surface area contributed by atoms with Crippen LogP contribution in [0.5, 0.6) is 0 Å². The van der Waals surface area contributed by atoms with Crippen molar-refractivity contribution in [1.29, 1.82) is 5.26 Å². The monoisotopic (exact) mass is 502 g/mol. The maximum absolute atomic E-state index is 12.6. The van der Waals surface area contributed by atoms with E-state index in [1.807, 2.05) is 19.1 Å². The van der Waals surface area contributed by atoms with Crippen molar-refractivity contribution in [3.8, 4) is 6.07 Å². The average Bonchev–Trinajstić information content (AvgIpc) is 3.28. The Labute approximate surface area is 217 Å². The van der Waals surface area contributed by atoms with Gasteiger partial charge in [0.1, 0.15) is 0 Å². The second kappa shape index (κ2) is 11.8. The van der Waals surface area contributed by atoms with Crippen LogP contribution in [0.15, 0.2) is 39.8 Å². The second-order valence-corrected chi connectivity index (χ2v) is 9.22. The highest BCUT2D eigenvalue weighted by atomic mass is 16.5. The van der Waals surface area contributed by atoms with Crippen LogP contribution in [0.25, 0.3) is 5.70 Å². The number of nitrogens with one attached hydrogen (secondary N) is 1. The van der Waals surface area contributed by atoms with Gasteiger partial charge in [-0.25, -0.2) is 14.8 Å². The molecule has 1 aromatic carbocycles. The first-order valence-electron chi connectivity index (χ1n) is 12.6. The van der Waals surface area contributed by atoms with Crippen LogP contribution in [0.1, 0.15) is 48.4 Å². The zero-order valence-corrected chi connectivity index (χ0v) is 21.8. The van der Waals surface area contributed by atoms with E-state index in [1.165, 1.54) is 0 Å². The van der Waals surface area contributed by atoms with Gasteiger partial charge in [0.15, 0.2) is 5.69 Å². The van der Waals surface area contributed by atoms with Crippen molar-refractivity contribution in [2.75, 3.05) is 50.1 Å². The molecule has 0 atom stereocenters. The highest BCUT2D eigenvalue weighted by Crippen LogP contribution is 2.35. The van der Waals surface area contributed by atoms with E-state index >= 15 is 0 Å². The number of nitriles is 1. The number of aromatic nitrogens is 2. The molecule has 0 spiro atoms. The molecule has 1 aliphatic carbocycles. The van der Waals surface area contributed by atoms with Gasteiger partial charge in [-0.3, -0.25) is 4.68 Å². The summed E-state index contributed by atoms with van der Waals surface area (Å²) in [4.78, 5) is 26.3. The smallest absolute Gasteiger partial charge is 0.359 e. The van der Waals surface area contributed by atoms with Crippen molar-refractivity contribution < 1.29 is 9.53 Å². The standard InChI is InChI=1S/C27H34N8O2/c1-5-37-26(36)24-22-11-10-19(2)23(25(22)35(32-24)13-7-12-28)31-27(29-3)30-20-8-6-9-21(18-20)34-16-14-33(4)15-17-34/h6,8-9,18H,3,5,7,10-11,13-17H2,1-2,4H3,(H,30,31). The number of allylic oxidation sites excluding steroid dienone is 1. The van der Waals surface area contributed by atoms with Gasteiger partial charge >= 0.3 is 5.97 Å². The van der Waals surface area contributed by atoms with Crippen LogP contribution in [-0.2, 0) is 17.7 Å². The number of carbonyl (C=O) groups is 1. The number of rotatable bonds is 7. The van der Waals surface area contributed by atoms with E-state index in [-0.39, 0.29) is 18.7 Å². The predicted octanol–water partition coefficient (Wildman–Crippen LogP) is 3.57. The van der Waals surface area contributed by atoms with E-state index in [2.05, 4.69) is 57.2 Å². The van der Waals surface area contributed by atoms with Crippen molar-refractivity contribution in [3.05, 3.63) is 46.8 Å². The molecule has 10 nitrogen and oxygen atoms in total. The van der Waals surface area contributed by atoms with Gasteiger partial charge in [0.05, 0.1) is 37.0 Å². The number of fused-ring (bicyclic) bond motifs is 1. The van der Waals surface area contributed by atoms with Gasteiger partial charge in [0, 0.05) is 43.1 Å². The lowest BCUT2D eigenvalue weighted by atomic mass is 9.93. The molecule has 0 radical (unpaired) electrons. The van der Waals surface area contributed by atoms with Crippen LogP contribution < -0.4 is 10.2 Å². The molecule has 4 rings (SSSR count). The molecule has 0 amide bonds. The van der Waals surface area contributed by atoms with Crippen molar-refractivity contribution in [2.45, 2.75) is 39.7 Å². The number of nitrogens with zero attached hydrogens (tertiary/aromatic N) is 7. The van der Waals surface area contributed by atoms with Crippen LogP contribution in [0.4, 0.5) is 11.4 Å². The summed E-state index contributed by atoms with van der Waals surface area (Å²) >= 11 is 0. The van der Waals surface area contributed by atoms with Crippen molar-refractivity contribution >= 4 is 35.7 Å². The quantitative estimate of drug-likeness (QED) is 0.350. The number of guanidine groups is 1. The molecule has 2 aliphatic rings. The molecule has 0 saturated carbocycles. The number of hydrogen-bond acceptors (Lipinski definition) is 7. The summed E-state index contributed by atoms with van der Waals surface area (Å²) in [6.45, 7) is 12.1. The summed E-state index contributed by atoms with van der Waals surface area (Å²) in [6.07, 6.45) is 1.64. The molecule has 0 bridgehead atoms. The van der Waals surface area contributed by atoms with Gasteiger partial charge in [-0.05, 0) is 64.2 Å². The van der Waals surface area contributed by atoms with E-state index in [0.717, 1.165) is 60.8 Å². The number of hydrogen-bond donors (Lipinski definition) is 1. The number of ether oxygens (including phenoxy) is 1. The third-order valence-electron chi connectivity index (χ3n) is 6.67. The number of carbonyl (C=O) groups excluding carboxylic acids is 1. The minimum atomic E-state index is -0.460. The van der Waals surface area contributed by atoms with Crippen LogP contribution >= 0.6 is 0 Å². The van der Waals surface area contributed by atoms with Gasteiger partial charge < -0.3 is 19.9 Å². The summed E-state index contributed by atoms with van der Waals surface area (Å²) in [5, 5.41) is 17.0. The number of benzene rings is 1. The van der Waals surface area contributed by atoms with Gasteiger partial charge in [-0.15, -0.1) is 0 Å². The van der Waals surface area contributed by atoms with Gasteiger partial charge in [-0.1, -0.05) is 6.07 Å². The first kappa shape index (κ1) is 26.1. The molecule has 1 N–H and O–H groups in total. The molecule has 0 unspecified atom stereocenters. The molecule has 1 aromatic heterocycles. The Morgan fingerprint density at radius 1 is 1.27 bits per heavy atom. The fraction of sp³-hybridized carbons (Fsp3) is 0.444. The number of aliphatic imine (C=N–C) groups is 2. The van der Waals surface area contributed by atoms with Crippen LogP contribution in [0, 0.1) is 11.3 Å². The van der Waals surface area contributed by atoms with E-state index < -0.39 is 5.97 Å². The third-order valence-corrected chi connectivity index (χ3v) is 6.67. The van der Waals surface area contributed by atoms with Crippen molar-refractivity contribution in [1.82, 2.24) is 14.7 Å². The van der Waals surface area contributed by atoms with Crippen LogP contribution in [0.2, 0.25) is 0 Å². The Balaban J connectivity index is 1.66. The highest BCUT2D eigenvalue weighted by Gasteiger charge is 2.30. The van der Waals surface area contributed by atoms with Gasteiger partial charge in [0.2, 0.25) is 5.96 Å². The lowest BCUT2D eigenvalue weighted by Gasteiger charge is -2.34. The lowest BCUT2D eigenvalue weighted by Crippen LogP contribution is -2.44. The minimum absolute atomic E-state index is 0.260. The summed E-state index contributed by atoms with van der Waals surface area (Å²) in [5.41, 5.74) is 5.56. The summed E-state index contributed by atoms with van der Waals surface area (Å²) in [5.74, 6) is -0.110.